The third-order valence-corrected chi connectivity index (χ3v) is 7.60. The number of halogens is 1. The molecule has 6 nitrogen and oxygen atoms in total. The highest BCUT2D eigenvalue weighted by Crippen LogP contribution is 2.37. The van der Waals surface area contributed by atoms with Gasteiger partial charge in [-0.2, -0.15) is 4.98 Å². The largest absolute Gasteiger partial charge is 0.328 e. The van der Waals surface area contributed by atoms with E-state index in [4.69, 9.17) is 21.7 Å². The molecule has 1 aromatic heterocycles. The summed E-state index contributed by atoms with van der Waals surface area (Å²) in [4.78, 5) is 18.4. The van der Waals surface area contributed by atoms with Crippen molar-refractivity contribution in [3.63, 3.8) is 0 Å². The molecule has 1 amide bonds. The topological polar surface area (TPSA) is 71.8 Å². The highest BCUT2D eigenvalue weighted by atomic mass is 35.5. The van der Waals surface area contributed by atoms with E-state index in [1.165, 1.54) is 17.3 Å². The van der Waals surface area contributed by atoms with Gasteiger partial charge in [0.2, 0.25) is 11.1 Å². The number of para-hydroxylation sites is 1. The van der Waals surface area contributed by atoms with Crippen molar-refractivity contribution in [3.05, 3.63) is 112 Å². The van der Waals surface area contributed by atoms with E-state index in [0.29, 0.717) is 28.3 Å². The molecule has 1 aliphatic heterocycles. The number of anilines is 2. The molecule has 2 N–H and O–H groups in total. The number of carbonyl (C=O) groups excluding carboxylic acids is 1. The molecule has 188 valence electrons. The molecule has 0 radical (unpaired) electrons. The Morgan fingerprint density at radius 2 is 1.76 bits per heavy atom. The van der Waals surface area contributed by atoms with E-state index in [2.05, 4.69) is 48.7 Å². The minimum absolute atomic E-state index is 0.180. The van der Waals surface area contributed by atoms with Crippen molar-refractivity contribution in [3.8, 4) is 0 Å². The Morgan fingerprint density at radius 3 is 2.46 bits per heavy atom. The molecule has 1 unspecified atom stereocenters. The van der Waals surface area contributed by atoms with Crippen LogP contribution in [0.4, 0.5) is 11.6 Å². The molecule has 2 heterocycles. The second-order valence-electron chi connectivity index (χ2n) is 9.25. The highest BCUT2D eigenvalue weighted by Gasteiger charge is 2.34. The lowest BCUT2D eigenvalue weighted by molar-refractivity contribution is -0.113. The van der Waals surface area contributed by atoms with Gasteiger partial charge in [0.1, 0.15) is 6.04 Å². The predicted molar refractivity (Wildman–Crippen MR) is 151 cm³/mol. The maximum Gasteiger partial charge on any atom is 0.255 e. The van der Waals surface area contributed by atoms with Crippen molar-refractivity contribution in [1.82, 2.24) is 14.8 Å². The van der Waals surface area contributed by atoms with Crippen LogP contribution in [-0.2, 0) is 10.5 Å². The van der Waals surface area contributed by atoms with Crippen LogP contribution < -0.4 is 10.6 Å². The number of carbonyl (C=O) groups is 1. The van der Waals surface area contributed by atoms with Gasteiger partial charge in [0.15, 0.2) is 0 Å². The van der Waals surface area contributed by atoms with E-state index in [9.17, 15) is 4.79 Å². The van der Waals surface area contributed by atoms with E-state index in [-0.39, 0.29) is 5.91 Å². The number of nitrogens with zero attached hydrogens (tertiary/aromatic N) is 3. The van der Waals surface area contributed by atoms with Gasteiger partial charge >= 0.3 is 0 Å². The van der Waals surface area contributed by atoms with Gasteiger partial charge in [0, 0.05) is 22.2 Å². The first-order valence-corrected chi connectivity index (χ1v) is 13.5. The third-order valence-electron chi connectivity index (χ3n) is 6.34. The molecule has 37 heavy (non-hydrogen) atoms. The first kappa shape index (κ1) is 25.1. The molecule has 0 saturated heterocycles. The molecule has 0 spiro atoms. The van der Waals surface area contributed by atoms with Gasteiger partial charge in [0.05, 0.1) is 5.57 Å². The molecule has 1 atom stereocenters. The number of nitrogens with one attached hydrogen (secondary N) is 2. The number of amides is 1. The Kier molecular flexibility index (Phi) is 7.35. The summed E-state index contributed by atoms with van der Waals surface area (Å²) in [5, 5.41) is 12.5. The average Bonchev–Trinajstić information content (AvgIpc) is 3.30. The fourth-order valence-electron chi connectivity index (χ4n) is 4.34. The Balaban J connectivity index is 1.50. The first-order valence-electron chi connectivity index (χ1n) is 12.2. The molecule has 3 aromatic carbocycles. The van der Waals surface area contributed by atoms with Crippen molar-refractivity contribution in [2.45, 2.75) is 43.6 Å². The second-order valence-corrected chi connectivity index (χ2v) is 10.6. The maximum atomic E-state index is 13.6. The molecule has 4 aromatic rings. The number of rotatable bonds is 7. The summed E-state index contributed by atoms with van der Waals surface area (Å²) in [7, 11) is 0. The minimum Gasteiger partial charge on any atom is -0.328 e. The van der Waals surface area contributed by atoms with Crippen molar-refractivity contribution in [1.29, 1.82) is 0 Å². The fourth-order valence-corrected chi connectivity index (χ4v) is 5.45. The van der Waals surface area contributed by atoms with Crippen LogP contribution in [0.25, 0.3) is 0 Å². The monoisotopic (exact) mass is 529 g/mol. The average molecular weight is 530 g/mol. The normalized spacial score (nSPS) is 14.9. The zero-order valence-corrected chi connectivity index (χ0v) is 22.5. The minimum atomic E-state index is -0.427. The SMILES string of the molecule is CC1=C(C(=O)Nc2ccccc2)C(c2ccc(C(C)C)cc2)n2nc(SCc3ccccc3Cl)nc2N1. The van der Waals surface area contributed by atoms with Crippen LogP contribution in [0, 0.1) is 0 Å². The number of fused-ring (bicyclic) bond motifs is 1. The quantitative estimate of drug-likeness (QED) is 0.246. The van der Waals surface area contributed by atoms with Crippen LogP contribution in [0.5, 0.6) is 0 Å². The maximum absolute atomic E-state index is 13.6. The van der Waals surface area contributed by atoms with Crippen LogP contribution in [0.1, 0.15) is 49.4 Å². The summed E-state index contributed by atoms with van der Waals surface area (Å²) >= 11 is 7.86. The number of allylic oxidation sites excluding steroid dienone is 1. The molecule has 1 aliphatic rings. The summed E-state index contributed by atoms with van der Waals surface area (Å²) in [6.45, 7) is 6.24. The van der Waals surface area contributed by atoms with Crippen molar-refractivity contribution in [2.75, 3.05) is 10.6 Å². The molecule has 0 fully saturated rings. The number of thioether (sulfide) groups is 1. The molecule has 0 aliphatic carbocycles. The fraction of sp³-hybridized carbons (Fsp3) is 0.207. The summed E-state index contributed by atoms with van der Waals surface area (Å²) in [6, 6.07) is 25.2. The molecule has 0 saturated carbocycles. The standard InChI is InChI=1S/C29H28ClN5OS/c1-18(2)20-13-15-21(16-14-20)26-25(27(36)32-23-10-5-4-6-11-23)19(3)31-28-33-29(34-35(26)28)37-17-22-9-7-8-12-24(22)30/h4-16,18,26H,17H2,1-3H3,(H,32,36)(H,31,33,34). The Bertz CT molecular complexity index is 1450. The lowest BCUT2D eigenvalue weighted by atomic mass is 9.93. The van der Waals surface area contributed by atoms with Gasteiger partial charge in [-0.05, 0) is 47.7 Å². The van der Waals surface area contributed by atoms with Gasteiger partial charge in [-0.25, -0.2) is 4.68 Å². The van der Waals surface area contributed by atoms with E-state index in [0.717, 1.165) is 27.5 Å². The number of benzene rings is 3. The van der Waals surface area contributed by atoms with Crippen molar-refractivity contribution in [2.24, 2.45) is 0 Å². The summed E-state index contributed by atoms with van der Waals surface area (Å²) in [5.41, 5.74) is 5.31. The van der Waals surface area contributed by atoms with Gasteiger partial charge in [-0.3, -0.25) is 4.79 Å². The smallest absolute Gasteiger partial charge is 0.255 e. The molecule has 8 heteroatoms. The number of hydrogen-bond donors (Lipinski definition) is 2. The van der Waals surface area contributed by atoms with E-state index < -0.39 is 6.04 Å². The Hall–Kier alpha value is -3.55. The van der Waals surface area contributed by atoms with Gasteiger partial charge in [-0.15, -0.1) is 5.10 Å². The second kappa shape index (κ2) is 10.8. The molecular weight excluding hydrogens is 502 g/mol. The van der Waals surface area contributed by atoms with Gasteiger partial charge in [0.25, 0.3) is 5.91 Å². The lowest BCUT2D eigenvalue weighted by Gasteiger charge is -2.29. The van der Waals surface area contributed by atoms with Crippen molar-refractivity contribution >= 4 is 40.9 Å². The highest BCUT2D eigenvalue weighted by molar-refractivity contribution is 7.98. The lowest BCUT2D eigenvalue weighted by Crippen LogP contribution is -2.31. The van der Waals surface area contributed by atoms with Crippen molar-refractivity contribution < 1.29 is 4.79 Å². The zero-order valence-electron chi connectivity index (χ0n) is 20.9. The van der Waals surface area contributed by atoms with Gasteiger partial charge in [-0.1, -0.05) is 97.9 Å². The van der Waals surface area contributed by atoms with Crippen LogP contribution in [0.2, 0.25) is 5.02 Å². The van der Waals surface area contributed by atoms with Crippen LogP contribution in [0.15, 0.2) is 95.3 Å². The van der Waals surface area contributed by atoms with E-state index in [1.54, 1.807) is 0 Å². The summed E-state index contributed by atoms with van der Waals surface area (Å²) in [6.07, 6.45) is 0. The summed E-state index contributed by atoms with van der Waals surface area (Å²) in [5.74, 6) is 1.48. The summed E-state index contributed by atoms with van der Waals surface area (Å²) < 4.78 is 1.81. The molecule has 0 bridgehead atoms. The van der Waals surface area contributed by atoms with Crippen LogP contribution >= 0.6 is 23.4 Å². The molecular formula is C29H28ClN5OS. The predicted octanol–water partition coefficient (Wildman–Crippen LogP) is 7.27. The van der Waals surface area contributed by atoms with Crippen LogP contribution in [-0.4, -0.2) is 20.7 Å². The Labute approximate surface area is 226 Å². The third kappa shape index (κ3) is 5.43. The van der Waals surface area contributed by atoms with E-state index in [1.807, 2.05) is 66.2 Å². The number of aromatic nitrogens is 3. The molecule has 5 rings (SSSR count). The zero-order chi connectivity index (χ0) is 25.9. The van der Waals surface area contributed by atoms with Crippen LogP contribution in [0.3, 0.4) is 0 Å². The Morgan fingerprint density at radius 1 is 1.05 bits per heavy atom. The van der Waals surface area contributed by atoms with Gasteiger partial charge < -0.3 is 10.6 Å². The first-order chi connectivity index (χ1) is 17.9. The van der Waals surface area contributed by atoms with E-state index >= 15 is 0 Å². The number of hydrogen-bond acceptors (Lipinski definition) is 5.